The van der Waals surface area contributed by atoms with E-state index in [4.69, 9.17) is 18.9 Å². The largest absolute Gasteiger partial charge is 0.463 e. The molecule has 3 rings (SSSR count). The molecule has 9 heteroatoms. The normalized spacial score (nSPS) is 28.2. The number of carbonyl (C=O) groups is 1. The number of nitrogens with zero attached hydrogens (tertiary/aromatic N) is 3. The van der Waals surface area contributed by atoms with Gasteiger partial charge < -0.3 is 18.9 Å². The summed E-state index contributed by atoms with van der Waals surface area (Å²) in [6.45, 7) is 11.4. The SMILES string of the molecule is CC(=O)OC[C@H]1O[C@@H](n2cnc(C#N)c2C#C[Si](C)(C)C)[C@@H]2OC(C)(C)O[C@@H]21. The van der Waals surface area contributed by atoms with E-state index in [1.807, 2.05) is 13.8 Å². The van der Waals surface area contributed by atoms with Crippen LogP contribution >= 0.6 is 0 Å². The summed E-state index contributed by atoms with van der Waals surface area (Å²) in [4.78, 5) is 15.4. The first-order chi connectivity index (χ1) is 13.0. The second-order valence-corrected chi connectivity index (χ2v) is 13.1. The standard InChI is InChI=1S/C19H25N3O5Si/c1-12(23)24-10-15-16-17(27-19(2,3)26-16)18(25-15)22-11-21-13(9-20)14(22)7-8-28(4,5)6/h11,15-18H,10H2,1-6H3/t15-,16-,17-,18-/m1/s1. The Morgan fingerprint density at radius 2 is 2.04 bits per heavy atom. The molecule has 0 spiro atoms. The van der Waals surface area contributed by atoms with Crippen LogP contribution < -0.4 is 0 Å². The van der Waals surface area contributed by atoms with Crippen LogP contribution in [0.5, 0.6) is 0 Å². The van der Waals surface area contributed by atoms with Crippen molar-refractivity contribution >= 4 is 14.0 Å². The van der Waals surface area contributed by atoms with Crippen LogP contribution in [-0.2, 0) is 23.7 Å². The van der Waals surface area contributed by atoms with Crippen molar-refractivity contribution < 1.29 is 23.7 Å². The van der Waals surface area contributed by atoms with Crippen LogP contribution in [0.1, 0.15) is 38.4 Å². The minimum atomic E-state index is -1.67. The molecule has 0 saturated carbocycles. The van der Waals surface area contributed by atoms with Crippen molar-refractivity contribution in [1.29, 1.82) is 5.26 Å². The van der Waals surface area contributed by atoms with Crippen molar-refractivity contribution in [3.05, 3.63) is 17.7 Å². The van der Waals surface area contributed by atoms with Gasteiger partial charge in [0, 0.05) is 6.92 Å². The molecule has 2 aliphatic heterocycles. The Morgan fingerprint density at radius 1 is 1.36 bits per heavy atom. The minimum Gasteiger partial charge on any atom is -0.463 e. The highest BCUT2D eigenvalue weighted by Gasteiger charge is 2.56. The van der Waals surface area contributed by atoms with Crippen molar-refractivity contribution in [2.45, 2.75) is 70.7 Å². The van der Waals surface area contributed by atoms with Gasteiger partial charge in [0.1, 0.15) is 44.8 Å². The quantitative estimate of drug-likeness (QED) is 0.432. The number of hydrogen-bond acceptors (Lipinski definition) is 7. The molecule has 2 aliphatic rings. The molecule has 28 heavy (non-hydrogen) atoms. The van der Waals surface area contributed by atoms with Crippen LogP contribution in [-0.4, -0.2) is 54.3 Å². The van der Waals surface area contributed by atoms with Crippen LogP contribution in [0, 0.1) is 22.8 Å². The maximum Gasteiger partial charge on any atom is 0.302 e. The molecule has 0 unspecified atom stereocenters. The Kier molecular flexibility index (Phi) is 5.39. The molecule has 0 amide bonds. The number of esters is 1. The van der Waals surface area contributed by atoms with Crippen molar-refractivity contribution in [1.82, 2.24) is 9.55 Å². The first-order valence-electron chi connectivity index (χ1n) is 9.15. The Hall–Kier alpha value is -2.17. The zero-order valence-electron chi connectivity index (χ0n) is 17.0. The van der Waals surface area contributed by atoms with E-state index in [1.165, 1.54) is 13.3 Å². The monoisotopic (exact) mass is 403 g/mol. The molecule has 2 fully saturated rings. The fourth-order valence-electron chi connectivity index (χ4n) is 3.22. The van der Waals surface area contributed by atoms with Crippen LogP contribution in [0.3, 0.4) is 0 Å². The van der Waals surface area contributed by atoms with Gasteiger partial charge in [-0.1, -0.05) is 25.6 Å². The highest BCUT2D eigenvalue weighted by atomic mass is 28.3. The third kappa shape index (κ3) is 4.29. The van der Waals surface area contributed by atoms with Crippen molar-refractivity contribution in [2.24, 2.45) is 0 Å². The molecule has 3 heterocycles. The van der Waals surface area contributed by atoms with E-state index < -0.39 is 44.4 Å². The summed E-state index contributed by atoms with van der Waals surface area (Å²) in [6, 6.07) is 2.09. The van der Waals surface area contributed by atoms with Crippen LogP contribution in [0.25, 0.3) is 0 Å². The predicted molar refractivity (Wildman–Crippen MR) is 102 cm³/mol. The number of hydrogen-bond donors (Lipinski definition) is 0. The molecular formula is C19H25N3O5Si. The third-order valence-corrected chi connectivity index (χ3v) is 5.18. The Balaban J connectivity index is 1.96. The molecule has 0 aromatic carbocycles. The van der Waals surface area contributed by atoms with Gasteiger partial charge in [-0.15, -0.1) is 5.54 Å². The van der Waals surface area contributed by atoms with Crippen molar-refractivity contribution in [3.63, 3.8) is 0 Å². The number of rotatable bonds is 3. The summed E-state index contributed by atoms with van der Waals surface area (Å²) in [5.74, 6) is 1.94. The summed E-state index contributed by atoms with van der Waals surface area (Å²) < 4.78 is 25.0. The Bertz CT molecular complexity index is 871. The molecule has 2 saturated heterocycles. The lowest BCUT2D eigenvalue weighted by molar-refractivity contribution is -0.202. The molecule has 8 nitrogen and oxygen atoms in total. The van der Waals surface area contributed by atoms with E-state index >= 15 is 0 Å². The smallest absolute Gasteiger partial charge is 0.302 e. The zero-order chi connectivity index (χ0) is 20.7. The second kappa shape index (κ2) is 7.34. The number of imidazole rings is 1. The van der Waals surface area contributed by atoms with Gasteiger partial charge in [0.2, 0.25) is 0 Å². The topological polar surface area (TPSA) is 95.6 Å². The fourth-order valence-corrected chi connectivity index (χ4v) is 3.72. The van der Waals surface area contributed by atoms with E-state index in [9.17, 15) is 10.1 Å². The summed E-state index contributed by atoms with van der Waals surface area (Å²) in [6.07, 6.45) is -0.398. The van der Waals surface area contributed by atoms with Gasteiger partial charge in [-0.25, -0.2) is 4.98 Å². The number of carbonyl (C=O) groups excluding carboxylic acids is 1. The van der Waals surface area contributed by atoms with Crippen LogP contribution in [0.15, 0.2) is 6.33 Å². The molecule has 0 bridgehead atoms. The minimum absolute atomic E-state index is 0.0577. The predicted octanol–water partition coefficient (Wildman–Crippen LogP) is 1.96. The van der Waals surface area contributed by atoms with E-state index in [2.05, 4.69) is 42.2 Å². The first-order valence-corrected chi connectivity index (χ1v) is 12.7. The lowest BCUT2D eigenvalue weighted by Crippen LogP contribution is -2.33. The molecule has 0 aliphatic carbocycles. The number of nitriles is 1. The van der Waals surface area contributed by atoms with Gasteiger partial charge >= 0.3 is 5.97 Å². The number of fused-ring (bicyclic) bond motifs is 1. The highest BCUT2D eigenvalue weighted by Crippen LogP contribution is 2.43. The molecule has 0 N–H and O–H groups in total. The summed E-state index contributed by atoms with van der Waals surface area (Å²) in [5.41, 5.74) is 4.01. The van der Waals surface area contributed by atoms with Crippen molar-refractivity contribution in [2.75, 3.05) is 6.61 Å². The van der Waals surface area contributed by atoms with Crippen molar-refractivity contribution in [3.8, 4) is 17.5 Å². The Labute approximate surface area is 165 Å². The van der Waals surface area contributed by atoms with Gasteiger partial charge in [0.05, 0.1) is 6.33 Å². The van der Waals surface area contributed by atoms with E-state index in [0.29, 0.717) is 5.69 Å². The average molecular weight is 404 g/mol. The fraction of sp³-hybridized carbons (Fsp3) is 0.632. The van der Waals surface area contributed by atoms with Gasteiger partial charge in [0.25, 0.3) is 0 Å². The van der Waals surface area contributed by atoms with E-state index in [0.717, 1.165) is 0 Å². The van der Waals surface area contributed by atoms with Crippen LogP contribution in [0.4, 0.5) is 0 Å². The Morgan fingerprint density at radius 3 is 2.64 bits per heavy atom. The van der Waals surface area contributed by atoms with Gasteiger partial charge in [0.15, 0.2) is 17.7 Å². The van der Waals surface area contributed by atoms with E-state index in [1.54, 1.807) is 4.57 Å². The first kappa shape index (κ1) is 20.6. The average Bonchev–Trinajstić information content (AvgIpc) is 3.20. The lowest BCUT2D eigenvalue weighted by Gasteiger charge is -2.24. The maximum absolute atomic E-state index is 11.2. The maximum atomic E-state index is 11.2. The summed E-state index contributed by atoms with van der Waals surface area (Å²) in [5, 5.41) is 9.44. The van der Waals surface area contributed by atoms with E-state index in [-0.39, 0.29) is 12.3 Å². The van der Waals surface area contributed by atoms with Crippen LogP contribution in [0.2, 0.25) is 19.6 Å². The molecular weight excluding hydrogens is 378 g/mol. The zero-order valence-corrected chi connectivity index (χ0v) is 18.0. The van der Waals surface area contributed by atoms with Gasteiger partial charge in [-0.05, 0) is 13.8 Å². The number of aromatic nitrogens is 2. The number of ether oxygens (including phenoxy) is 4. The lowest BCUT2D eigenvalue weighted by atomic mass is 10.1. The molecule has 0 radical (unpaired) electrons. The summed E-state index contributed by atoms with van der Waals surface area (Å²) in [7, 11) is -1.67. The van der Waals surface area contributed by atoms with Gasteiger partial charge in [-0.2, -0.15) is 5.26 Å². The second-order valence-electron chi connectivity index (χ2n) is 8.39. The molecule has 150 valence electrons. The highest BCUT2D eigenvalue weighted by molar-refractivity contribution is 6.83. The summed E-state index contributed by atoms with van der Waals surface area (Å²) >= 11 is 0. The molecule has 1 aromatic heterocycles. The molecule has 4 atom stereocenters. The van der Waals surface area contributed by atoms with Gasteiger partial charge in [-0.3, -0.25) is 9.36 Å². The molecule has 1 aromatic rings. The third-order valence-electron chi connectivity index (χ3n) is 4.31.